The molecule has 1 atom stereocenters. The highest BCUT2D eigenvalue weighted by Crippen LogP contribution is 2.24. The van der Waals surface area contributed by atoms with Gasteiger partial charge in [0.15, 0.2) is 5.82 Å². The number of methoxy groups -OCH3 is 1. The van der Waals surface area contributed by atoms with Crippen molar-refractivity contribution >= 4 is 11.9 Å². The largest absolute Gasteiger partial charge is 0.496 e. The molecular formula is C16H24N6O. The van der Waals surface area contributed by atoms with Crippen LogP contribution in [-0.4, -0.2) is 48.1 Å². The van der Waals surface area contributed by atoms with Gasteiger partial charge in [0.1, 0.15) is 5.75 Å². The molecule has 124 valence electrons. The Labute approximate surface area is 137 Å². The molecule has 2 aromatic rings. The van der Waals surface area contributed by atoms with Crippen LogP contribution in [0.25, 0.3) is 0 Å². The van der Waals surface area contributed by atoms with Crippen molar-refractivity contribution in [3.63, 3.8) is 0 Å². The maximum absolute atomic E-state index is 5.81. The van der Waals surface area contributed by atoms with E-state index in [1.54, 1.807) is 7.11 Å². The van der Waals surface area contributed by atoms with Crippen molar-refractivity contribution in [2.75, 3.05) is 38.9 Å². The molecule has 0 saturated heterocycles. The van der Waals surface area contributed by atoms with Crippen LogP contribution in [0.5, 0.6) is 5.75 Å². The first kappa shape index (κ1) is 17.0. The van der Waals surface area contributed by atoms with Crippen molar-refractivity contribution < 1.29 is 4.74 Å². The van der Waals surface area contributed by atoms with Crippen LogP contribution in [0, 0.1) is 0 Å². The van der Waals surface area contributed by atoms with Crippen LogP contribution < -0.4 is 15.4 Å². The van der Waals surface area contributed by atoms with E-state index in [0.29, 0.717) is 18.3 Å². The van der Waals surface area contributed by atoms with Gasteiger partial charge in [0.25, 0.3) is 0 Å². The van der Waals surface area contributed by atoms with E-state index in [0.717, 1.165) is 11.3 Å². The summed E-state index contributed by atoms with van der Waals surface area (Å²) in [6, 6.07) is 7.96. The molecule has 1 aromatic carbocycles. The lowest BCUT2D eigenvalue weighted by molar-refractivity contribution is 0.240. The van der Waals surface area contributed by atoms with Crippen molar-refractivity contribution in [3.05, 3.63) is 35.7 Å². The number of para-hydroxylation sites is 1. The maximum Gasteiger partial charge on any atom is 0.229 e. The molecule has 0 aliphatic heterocycles. The molecule has 0 aliphatic rings. The quantitative estimate of drug-likeness (QED) is 0.869. The minimum Gasteiger partial charge on any atom is -0.496 e. The minimum absolute atomic E-state index is 0.0103. The van der Waals surface area contributed by atoms with Gasteiger partial charge in [0, 0.05) is 26.2 Å². The Morgan fingerprint density at radius 2 is 1.83 bits per heavy atom. The van der Waals surface area contributed by atoms with Crippen LogP contribution in [-0.2, 0) is 6.54 Å². The van der Waals surface area contributed by atoms with Crippen LogP contribution in [0.3, 0.4) is 0 Å². The summed E-state index contributed by atoms with van der Waals surface area (Å²) in [6.07, 6.45) is 0. The monoisotopic (exact) mass is 316 g/mol. The van der Waals surface area contributed by atoms with E-state index in [9.17, 15) is 0 Å². The molecule has 7 heteroatoms. The summed E-state index contributed by atoms with van der Waals surface area (Å²) in [5.74, 6) is 2.32. The fourth-order valence-electron chi connectivity index (χ4n) is 2.22. The second-order valence-electron chi connectivity index (χ2n) is 5.65. The lowest BCUT2D eigenvalue weighted by Gasteiger charge is -2.25. The van der Waals surface area contributed by atoms with Gasteiger partial charge in [-0.3, -0.25) is 4.90 Å². The van der Waals surface area contributed by atoms with Gasteiger partial charge in [-0.25, -0.2) is 0 Å². The summed E-state index contributed by atoms with van der Waals surface area (Å²) in [5, 5.41) is 0. The summed E-state index contributed by atoms with van der Waals surface area (Å²) < 4.78 is 5.41. The Hall–Kier alpha value is -2.41. The molecule has 0 fully saturated rings. The third kappa shape index (κ3) is 4.07. The van der Waals surface area contributed by atoms with E-state index >= 15 is 0 Å². The fourth-order valence-corrected chi connectivity index (χ4v) is 2.22. The molecule has 0 unspecified atom stereocenters. The van der Waals surface area contributed by atoms with E-state index in [4.69, 9.17) is 10.5 Å². The number of nitrogens with zero attached hydrogens (tertiary/aromatic N) is 5. The molecule has 0 amide bonds. The first-order valence-corrected chi connectivity index (χ1v) is 7.43. The third-order valence-corrected chi connectivity index (χ3v) is 3.71. The first-order chi connectivity index (χ1) is 10.9. The third-order valence-electron chi connectivity index (χ3n) is 3.71. The lowest BCUT2D eigenvalue weighted by atomic mass is 10.1. The van der Waals surface area contributed by atoms with Crippen molar-refractivity contribution in [2.45, 2.75) is 19.5 Å². The molecule has 0 bridgehead atoms. The first-order valence-electron chi connectivity index (χ1n) is 7.43. The highest BCUT2D eigenvalue weighted by atomic mass is 16.5. The molecule has 23 heavy (non-hydrogen) atoms. The molecule has 2 rings (SSSR count). The molecule has 1 heterocycles. The molecule has 0 spiro atoms. The maximum atomic E-state index is 5.81. The zero-order chi connectivity index (χ0) is 17.0. The normalized spacial score (nSPS) is 12.3. The topological polar surface area (TPSA) is 80.4 Å². The van der Waals surface area contributed by atoms with Crippen LogP contribution in [0.1, 0.15) is 24.4 Å². The van der Waals surface area contributed by atoms with Gasteiger partial charge < -0.3 is 15.4 Å². The van der Waals surface area contributed by atoms with Crippen molar-refractivity contribution in [1.29, 1.82) is 0 Å². The van der Waals surface area contributed by atoms with Crippen molar-refractivity contribution in [1.82, 2.24) is 19.9 Å². The summed E-state index contributed by atoms with van der Waals surface area (Å²) in [7, 11) is 7.45. The van der Waals surface area contributed by atoms with Crippen molar-refractivity contribution in [2.24, 2.45) is 0 Å². The van der Waals surface area contributed by atoms with Gasteiger partial charge >= 0.3 is 0 Å². The van der Waals surface area contributed by atoms with Crippen LogP contribution in [0.2, 0.25) is 0 Å². The van der Waals surface area contributed by atoms with Crippen molar-refractivity contribution in [3.8, 4) is 5.75 Å². The number of hydrogen-bond acceptors (Lipinski definition) is 7. The van der Waals surface area contributed by atoms with E-state index < -0.39 is 0 Å². The standard InChI is InChI=1S/C16H24N6O/c1-11(14-18-15(17)20-16(19-14)21(2)3)22(4)10-12-8-6-7-9-13(12)23-5/h6-9,11H,10H2,1-5H3,(H2,17,18,19,20)/t11-/m1/s1. The molecule has 1 aromatic heterocycles. The Bertz CT molecular complexity index is 661. The zero-order valence-electron chi connectivity index (χ0n) is 14.3. The van der Waals surface area contributed by atoms with Gasteiger partial charge in [-0.15, -0.1) is 0 Å². The smallest absolute Gasteiger partial charge is 0.229 e. The molecule has 0 saturated carbocycles. The van der Waals surface area contributed by atoms with E-state index in [1.807, 2.05) is 51.2 Å². The predicted octanol–water partition coefficient (Wildman–Crippen LogP) is 1.72. The minimum atomic E-state index is -0.0103. The zero-order valence-corrected chi connectivity index (χ0v) is 14.3. The second-order valence-corrected chi connectivity index (χ2v) is 5.65. The number of nitrogens with two attached hydrogens (primary N) is 1. The summed E-state index contributed by atoms with van der Waals surface area (Å²) >= 11 is 0. The van der Waals surface area contributed by atoms with Crippen LogP contribution >= 0.6 is 0 Å². The molecule has 0 aliphatic carbocycles. The highest BCUT2D eigenvalue weighted by molar-refractivity contribution is 5.34. The number of benzene rings is 1. The number of rotatable bonds is 6. The Morgan fingerprint density at radius 3 is 2.48 bits per heavy atom. The Kier molecular flexibility index (Phi) is 5.33. The molecule has 7 nitrogen and oxygen atoms in total. The average Bonchev–Trinajstić information content (AvgIpc) is 2.53. The van der Waals surface area contributed by atoms with Gasteiger partial charge in [-0.1, -0.05) is 18.2 Å². The van der Waals surface area contributed by atoms with E-state index in [2.05, 4.69) is 25.9 Å². The second kappa shape index (κ2) is 7.23. The number of aromatic nitrogens is 3. The summed E-state index contributed by atoms with van der Waals surface area (Å²) in [4.78, 5) is 16.9. The van der Waals surface area contributed by atoms with Gasteiger partial charge in [-0.05, 0) is 20.0 Å². The molecule has 2 N–H and O–H groups in total. The summed E-state index contributed by atoms with van der Waals surface area (Å²) in [5.41, 5.74) is 6.92. The fraction of sp³-hybridized carbons (Fsp3) is 0.438. The molecular weight excluding hydrogens is 292 g/mol. The van der Waals surface area contributed by atoms with E-state index in [1.165, 1.54) is 0 Å². The van der Waals surface area contributed by atoms with Gasteiger partial charge in [0.2, 0.25) is 11.9 Å². The van der Waals surface area contributed by atoms with E-state index in [-0.39, 0.29) is 12.0 Å². The van der Waals surface area contributed by atoms with Crippen LogP contribution in [0.15, 0.2) is 24.3 Å². The Balaban J connectivity index is 2.21. The SMILES string of the molecule is COc1ccccc1CN(C)[C@H](C)c1nc(N)nc(N(C)C)n1. The number of nitrogen functional groups attached to an aromatic ring is 1. The number of anilines is 2. The van der Waals surface area contributed by atoms with Crippen LogP contribution in [0.4, 0.5) is 11.9 Å². The van der Waals surface area contributed by atoms with Gasteiger partial charge in [-0.2, -0.15) is 15.0 Å². The predicted molar refractivity (Wildman–Crippen MR) is 91.4 cm³/mol. The summed E-state index contributed by atoms with van der Waals surface area (Å²) in [6.45, 7) is 2.76. The van der Waals surface area contributed by atoms with Gasteiger partial charge in [0.05, 0.1) is 13.2 Å². The lowest BCUT2D eigenvalue weighted by Crippen LogP contribution is -2.25. The number of hydrogen-bond donors (Lipinski definition) is 1. The highest BCUT2D eigenvalue weighted by Gasteiger charge is 2.18. The number of ether oxygens (including phenoxy) is 1. The molecule has 0 radical (unpaired) electrons. The Morgan fingerprint density at radius 1 is 1.13 bits per heavy atom. The average molecular weight is 316 g/mol.